The lowest BCUT2D eigenvalue weighted by Crippen LogP contribution is -2.34. The van der Waals surface area contributed by atoms with E-state index in [-0.39, 0.29) is 11.9 Å². The first-order chi connectivity index (χ1) is 12.9. The largest absolute Gasteiger partial charge is 0.468 e. The number of aryl methyl sites for hydroxylation is 2. The van der Waals surface area contributed by atoms with Crippen LogP contribution >= 0.6 is 0 Å². The number of carbonyl (C=O) groups is 1. The van der Waals surface area contributed by atoms with Crippen molar-refractivity contribution in [3.05, 3.63) is 77.0 Å². The molecule has 0 unspecified atom stereocenters. The normalized spacial score (nSPS) is 12.4. The van der Waals surface area contributed by atoms with Crippen LogP contribution in [0.5, 0.6) is 0 Å². The minimum absolute atomic E-state index is 0.00999. The molecule has 1 N–H and O–H groups in total. The maximum atomic E-state index is 12.9. The minimum Gasteiger partial charge on any atom is -0.468 e. The average molecular weight is 365 g/mol. The van der Waals surface area contributed by atoms with E-state index in [1.54, 1.807) is 6.26 Å². The zero-order chi connectivity index (χ0) is 19.6. The predicted molar refractivity (Wildman–Crippen MR) is 107 cm³/mol. The first kappa shape index (κ1) is 19.0. The average Bonchev–Trinajstić information content (AvgIpc) is 3.23. The van der Waals surface area contributed by atoms with Gasteiger partial charge in [-0.3, -0.25) is 9.69 Å². The molecule has 0 bridgehead atoms. The van der Waals surface area contributed by atoms with E-state index in [9.17, 15) is 4.79 Å². The predicted octanol–water partition coefficient (Wildman–Crippen LogP) is 4.03. The van der Waals surface area contributed by atoms with Crippen LogP contribution in [-0.2, 0) is 0 Å². The van der Waals surface area contributed by atoms with Crippen LogP contribution in [0, 0.1) is 20.8 Å². The summed E-state index contributed by atoms with van der Waals surface area (Å²) in [6.07, 6.45) is 1.66. The molecular formula is C22H27N3O2. The molecule has 27 heavy (non-hydrogen) atoms. The fraction of sp³-hybridized carbons (Fsp3) is 0.318. The molecule has 0 spiro atoms. The molecular weight excluding hydrogens is 338 g/mol. The Balaban J connectivity index is 1.80. The van der Waals surface area contributed by atoms with Crippen molar-refractivity contribution in [3.63, 3.8) is 0 Å². The molecule has 0 aliphatic heterocycles. The van der Waals surface area contributed by atoms with Crippen molar-refractivity contribution in [3.8, 4) is 5.69 Å². The number of hydrogen-bond donors (Lipinski definition) is 1. The Morgan fingerprint density at radius 1 is 1.15 bits per heavy atom. The van der Waals surface area contributed by atoms with Crippen LogP contribution in [0.2, 0.25) is 0 Å². The van der Waals surface area contributed by atoms with E-state index in [4.69, 9.17) is 4.42 Å². The van der Waals surface area contributed by atoms with Crippen molar-refractivity contribution in [1.29, 1.82) is 0 Å². The lowest BCUT2D eigenvalue weighted by molar-refractivity contribution is 0.0938. The van der Waals surface area contributed by atoms with Gasteiger partial charge in [0.1, 0.15) is 5.76 Å². The highest BCUT2D eigenvalue weighted by Crippen LogP contribution is 2.22. The molecule has 2 heterocycles. The molecule has 5 nitrogen and oxygen atoms in total. The number of likely N-dealkylation sites (N-methyl/N-ethyl adjacent to an activating group) is 1. The first-order valence-electron chi connectivity index (χ1n) is 9.12. The Morgan fingerprint density at radius 2 is 1.93 bits per heavy atom. The fourth-order valence-corrected chi connectivity index (χ4v) is 3.46. The van der Waals surface area contributed by atoms with E-state index < -0.39 is 0 Å². The van der Waals surface area contributed by atoms with Crippen molar-refractivity contribution < 1.29 is 9.21 Å². The number of amides is 1. The van der Waals surface area contributed by atoms with Gasteiger partial charge in [0, 0.05) is 23.6 Å². The van der Waals surface area contributed by atoms with Gasteiger partial charge in [-0.15, -0.1) is 0 Å². The molecule has 1 atom stereocenters. The van der Waals surface area contributed by atoms with E-state index in [1.165, 1.54) is 5.56 Å². The zero-order valence-electron chi connectivity index (χ0n) is 16.6. The van der Waals surface area contributed by atoms with Gasteiger partial charge in [0.2, 0.25) is 0 Å². The van der Waals surface area contributed by atoms with Crippen LogP contribution < -0.4 is 5.32 Å². The fourth-order valence-electron chi connectivity index (χ4n) is 3.46. The summed E-state index contributed by atoms with van der Waals surface area (Å²) in [6, 6.07) is 14.0. The van der Waals surface area contributed by atoms with Crippen LogP contribution in [0.1, 0.15) is 39.1 Å². The van der Waals surface area contributed by atoms with Gasteiger partial charge in [0.15, 0.2) is 0 Å². The minimum atomic E-state index is -0.0691. The van der Waals surface area contributed by atoms with Gasteiger partial charge in [0.05, 0.1) is 17.9 Å². The van der Waals surface area contributed by atoms with E-state index in [0.29, 0.717) is 12.1 Å². The third-order valence-corrected chi connectivity index (χ3v) is 4.89. The molecule has 0 saturated heterocycles. The van der Waals surface area contributed by atoms with Crippen molar-refractivity contribution in [2.75, 3.05) is 20.6 Å². The highest BCUT2D eigenvalue weighted by atomic mass is 16.3. The van der Waals surface area contributed by atoms with E-state index in [0.717, 1.165) is 22.8 Å². The second-order valence-corrected chi connectivity index (χ2v) is 7.16. The van der Waals surface area contributed by atoms with Crippen molar-refractivity contribution in [2.45, 2.75) is 26.8 Å². The Hall–Kier alpha value is -2.79. The lowest BCUT2D eigenvalue weighted by Gasteiger charge is -2.22. The van der Waals surface area contributed by atoms with E-state index in [2.05, 4.69) is 35.0 Å². The summed E-state index contributed by atoms with van der Waals surface area (Å²) >= 11 is 0. The third-order valence-electron chi connectivity index (χ3n) is 4.89. The van der Waals surface area contributed by atoms with Crippen LogP contribution in [0.25, 0.3) is 5.69 Å². The molecule has 0 saturated carbocycles. The maximum absolute atomic E-state index is 12.9. The van der Waals surface area contributed by atoms with Crippen LogP contribution in [-0.4, -0.2) is 36.0 Å². The molecule has 0 fully saturated rings. The molecule has 2 aromatic heterocycles. The highest BCUT2D eigenvalue weighted by Gasteiger charge is 2.21. The second-order valence-electron chi connectivity index (χ2n) is 7.16. The van der Waals surface area contributed by atoms with Gasteiger partial charge in [0.25, 0.3) is 5.91 Å². The summed E-state index contributed by atoms with van der Waals surface area (Å²) in [4.78, 5) is 14.9. The molecule has 1 amide bonds. The molecule has 0 radical (unpaired) electrons. The Labute approximate surface area is 160 Å². The number of rotatable bonds is 6. The topological polar surface area (TPSA) is 50.4 Å². The SMILES string of the molecule is Cc1cccc(-n2c(C)cc(C(=O)NC[C@H](c3ccco3)N(C)C)c2C)c1. The summed E-state index contributed by atoms with van der Waals surface area (Å²) in [5.41, 5.74) is 4.95. The molecule has 142 valence electrons. The molecule has 1 aromatic carbocycles. The van der Waals surface area contributed by atoms with E-state index in [1.807, 2.05) is 57.1 Å². The Kier molecular flexibility index (Phi) is 5.51. The van der Waals surface area contributed by atoms with Crippen LogP contribution in [0.15, 0.2) is 53.1 Å². The number of hydrogen-bond acceptors (Lipinski definition) is 3. The standard InChI is InChI=1S/C22H27N3O2/c1-15-8-6-9-18(12-15)25-16(2)13-19(17(25)3)22(26)23-14-20(24(4)5)21-10-7-11-27-21/h6-13,20H,14H2,1-5H3,(H,23,26)/t20-/m1/s1. The lowest BCUT2D eigenvalue weighted by atomic mass is 10.2. The number of aromatic nitrogens is 1. The van der Waals surface area contributed by atoms with Gasteiger partial charge in [-0.1, -0.05) is 12.1 Å². The number of nitrogens with one attached hydrogen (secondary N) is 1. The van der Waals surface area contributed by atoms with Crippen molar-refractivity contribution in [1.82, 2.24) is 14.8 Å². The quantitative estimate of drug-likeness (QED) is 0.717. The number of carbonyl (C=O) groups excluding carboxylic acids is 1. The third kappa shape index (κ3) is 3.98. The van der Waals surface area contributed by atoms with Gasteiger partial charge in [-0.25, -0.2) is 0 Å². The maximum Gasteiger partial charge on any atom is 0.253 e. The highest BCUT2D eigenvalue weighted by molar-refractivity contribution is 5.96. The van der Waals surface area contributed by atoms with Gasteiger partial charge in [-0.05, 0) is 70.8 Å². The van der Waals surface area contributed by atoms with Gasteiger partial charge < -0.3 is 14.3 Å². The van der Waals surface area contributed by atoms with Crippen molar-refractivity contribution in [2.24, 2.45) is 0 Å². The molecule has 0 aliphatic carbocycles. The molecule has 0 aliphatic rings. The number of furan rings is 1. The van der Waals surface area contributed by atoms with E-state index >= 15 is 0 Å². The number of benzene rings is 1. The van der Waals surface area contributed by atoms with Crippen LogP contribution in [0.4, 0.5) is 0 Å². The smallest absolute Gasteiger partial charge is 0.253 e. The van der Waals surface area contributed by atoms with Gasteiger partial charge >= 0.3 is 0 Å². The van der Waals surface area contributed by atoms with Crippen LogP contribution in [0.3, 0.4) is 0 Å². The molecule has 5 heteroatoms. The Morgan fingerprint density at radius 3 is 2.56 bits per heavy atom. The summed E-state index contributed by atoms with van der Waals surface area (Å²) in [7, 11) is 3.95. The molecule has 3 rings (SSSR count). The van der Waals surface area contributed by atoms with Gasteiger partial charge in [-0.2, -0.15) is 0 Å². The molecule has 3 aromatic rings. The summed E-state index contributed by atoms with van der Waals surface area (Å²) in [5, 5.41) is 3.06. The zero-order valence-corrected chi connectivity index (χ0v) is 16.6. The summed E-state index contributed by atoms with van der Waals surface area (Å²) in [5.74, 6) is 0.769. The van der Waals surface area contributed by atoms with Crippen molar-refractivity contribution >= 4 is 5.91 Å². The number of nitrogens with zero attached hydrogens (tertiary/aromatic N) is 2. The second kappa shape index (κ2) is 7.84. The monoisotopic (exact) mass is 365 g/mol. The Bertz CT molecular complexity index is 923. The summed E-state index contributed by atoms with van der Waals surface area (Å²) < 4.78 is 7.64. The first-order valence-corrected chi connectivity index (χ1v) is 9.12. The summed E-state index contributed by atoms with van der Waals surface area (Å²) in [6.45, 7) is 6.56.